The quantitative estimate of drug-likeness (QED) is 0.660. The lowest BCUT2D eigenvalue weighted by atomic mass is 10.1. The van der Waals surface area contributed by atoms with Crippen LogP contribution in [0.3, 0.4) is 0 Å². The minimum absolute atomic E-state index is 0.0598. The molecule has 2 aliphatic heterocycles. The summed E-state index contributed by atoms with van der Waals surface area (Å²) in [4.78, 5) is 28.4. The fourth-order valence-corrected chi connectivity index (χ4v) is 4.90. The van der Waals surface area contributed by atoms with Crippen molar-refractivity contribution < 1.29 is 23.8 Å². The number of anilines is 1. The molecule has 1 fully saturated rings. The monoisotopic (exact) mass is 457 g/mol. The highest BCUT2D eigenvalue weighted by Gasteiger charge is 2.33. The molecular weight excluding hydrogens is 430 g/mol. The van der Waals surface area contributed by atoms with E-state index in [1.54, 1.807) is 26.4 Å². The number of hydrogen-bond acceptors (Lipinski definition) is 7. The first kappa shape index (κ1) is 22.4. The number of fused-ring (bicyclic) bond motifs is 1. The molecule has 0 unspecified atom stereocenters. The molecule has 2 aromatic carbocycles. The molecule has 2 amide bonds. The molecule has 0 aliphatic carbocycles. The summed E-state index contributed by atoms with van der Waals surface area (Å²) in [5.41, 5.74) is 2.23. The van der Waals surface area contributed by atoms with Crippen molar-refractivity contribution in [2.75, 3.05) is 52.4 Å². The molecule has 32 heavy (non-hydrogen) atoms. The van der Waals surface area contributed by atoms with Crippen LogP contribution in [-0.4, -0.2) is 69.2 Å². The van der Waals surface area contributed by atoms with Gasteiger partial charge >= 0.3 is 0 Å². The van der Waals surface area contributed by atoms with E-state index in [1.807, 2.05) is 24.3 Å². The first-order valence-corrected chi connectivity index (χ1v) is 11.4. The molecule has 0 bridgehead atoms. The maximum Gasteiger partial charge on any atom is 0.252 e. The molecule has 4 rings (SSSR count). The van der Waals surface area contributed by atoms with Crippen molar-refractivity contribution in [3.63, 3.8) is 0 Å². The average Bonchev–Trinajstić information content (AvgIpc) is 2.83. The number of carbonyl (C=O) groups excluding carboxylic acids is 2. The van der Waals surface area contributed by atoms with Crippen molar-refractivity contribution >= 4 is 29.3 Å². The second kappa shape index (κ2) is 10.2. The fourth-order valence-electron chi connectivity index (χ4n) is 3.75. The number of nitrogens with zero attached hydrogens (tertiary/aromatic N) is 1. The van der Waals surface area contributed by atoms with Gasteiger partial charge in [-0.2, -0.15) is 0 Å². The highest BCUT2D eigenvalue weighted by atomic mass is 32.2. The molecule has 170 valence electrons. The minimum atomic E-state index is -0.271. The molecule has 1 saturated heterocycles. The van der Waals surface area contributed by atoms with Gasteiger partial charge in [-0.05, 0) is 42.3 Å². The Balaban J connectivity index is 1.35. The van der Waals surface area contributed by atoms with E-state index in [0.29, 0.717) is 48.9 Å². The summed E-state index contributed by atoms with van der Waals surface area (Å²) in [5.74, 6) is 1.10. The Morgan fingerprint density at radius 1 is 1.16 bits per heavy atom. The van der Waals surface area contributed by atoms with Crippen molar-refractivity contribution in [1.29, 1.82) is 0 Å². The highest BCUT2D eigenvalue weighted by molar-refractivity contribution is 8.00. The number of methoxy groups -OCH3 is 2. The second-order valence-corrected chi connectivity index (χ2v) is 8.64. The maximum atomic E-state index is 12.6. The predicted molar refractivity (Wildman–Crippen MR) is 123 cm³/mol. The van der Waals surface area contributed by atoms with Gasteiger partial charge in [-0.15, -0.1) is 0 Å². The van der Waals surface area contributed by atoms with Gasteiger partial charge in [0.2, 0.25) is 0 Å². The van der Waals surface area contributed by atoms with Crippen LogP contribution in [0.25, 0.3) is 0 Å². The zero-order valence-electron chi connectivity index (χ0n) is 18.2. The van der Waals surface area contributed by atoms with Gasteiger partial charge in [0.1, 0.15) is 5.37 Å². The molecule has 2 N–H and O–H groups in total. The minimum Gasteiger partial charge on any atom is -0.493 e. The van der Waals surface area contributed by atoms with E-state index < -0.39 is 0 Å². The zero-order valence-corrected chi connectivity index (χ0v) is 19.0. The van der Waals surface area contributed by atoms with Gasteiger partial charge in [-0.1, -0.05) is 17.8 Å². The van der Waals surface area contributed by atoms with E-state index in [0.717, 1.165) is 23.5 Å². The molecule has 2 aliphatic rings. The van der Waals surface area contributed by atoms with Gasteiger partial charge in [-0.25, -0.2) is 0 Å². The summed E-state index contributed by atoms with van der Waals surface area (Å²) in [5, 5.41) is 5.63. The van der Waals surface area contributed by atoms with Crippen LogP contribution in [0, 0.1) is 0 Å². The number of thioether (sulfide) groups is 1. The second-order valence-electron chi connectivity index (χ2n) is 7.51. The van der Waals surface area contributed by atoms with Gasteiger partial charge < -0.3 is 24.8 Å². The molecule has 1 atom stereocenters. The van der Waals surface area contributed by atoms with Gasteiger partial charge in [-0.3, -0.25) is 14.5 Å². The Morgan fingerprint density at radius 2 is 1.94 bits per heavy atom. The number of amides is 2. The summed E-state index contributed by atoms with van der Waals surface area (Å²) in [6.45, 7) is 3.23. The number of ether oxygens (including phenoxy) is 3. The fraction of sp³-hybridized carbons (Fsp3) is 0.391. The topological polar surface area (TPSA) is 89.1 Å². The molecule has 0 radical (unpaired) electrons. The normalized spacial score (nSPS) is 18.4. The van der Waals surface area contributed by atoms with Crippen LogP contribution in [0.2, 0.25) is 0 Å². The number of rotatable bonds is 7. The Bertz CT molecular complexity index is 994. The van der Waals surface area contributed by atoms with Gasteiger partial charge in [0.05, 0.1) is 33.1 Å². The zero-order chi connectivity index (χ0) is 22.5. The van der Waals surface area contributed by atoms with Crippen LogP contribution in [-0.2, 0) is 16.0 Å². The van der Waals surface area contributed by atoms with Crippen molar-refractivity contribution in [3.05, 3.63) is 47.5 Å². The third-order valence-corrected chi connectivity index (χ3v) is 6.83. The summed E-state index contributed by atoms with van der Waals surface area (Å²) >= 11 is 1.52. The average molecular weight is 458 g/mol. The largest absolute Gasteiger partial charge is 0.493 e. The van der Waals surface area contributed by atoms with Gasteiger partial charge in [0.25, 0.3) is 11.8 Å². The number of nitrogens with one attached hydrogen (secondary N) is 2. The summed E-state index contributed by atoms with van der Waals surface area (Å²) in [7, 11) is 3.19. The number of morpholine rings is 1. The van der Waals surface area contributed by atoms with Crippen LogP contribution < -0.4 is 20.1 Å². The van der Waals surface area contributed by atoms with E-state index in [-0.39, 0.29) is 17.2 Å². The first-order valence-electron chi connectivity index (χ1n) is 10.5. The van der Waals surface area contributed by atoms with E-state index in [1.165, 1.54) is 11.8 Å². The van der Waals surface area contributed by atoms with Crippen molar-refractivity contribution in [1.82, 2.24) is 10.2 Å². The number of carbonyl (C=O) groups is 2. The van der Waals surface area contributed by atoms with Gasteiger partial charge in [0, 0.05) is 30.1 Å². The van der Waals surface area contributed by atoms with E-state index >= 15 is 0 Å². The summed E-state index contributed by atoms with van der Waals surface area (Å²) in [6, 6.07) is 11.1. The van der Waals surface area contributed by atoms with Crippen LogP contribution in [0.1, 0.15) is 15.9 Å². The first-order chi connectivity index (χ1) is 15.6. The van der Waals surface area contributed by atoms with Crippen molar-refractivity contribution in [2.45, 2.75) is 16.7 Å². The Morgan fingerprint density at radius 3 is 2.69 bits per heavy atom. The summed E-state index contributed by atoms with van der Waals surface area (Å²) < 4.78 is 16.0. The van der Waals surface area contributed by atoms with Crippen LogP contribution in [0.15, 0.2) is 41.3 Å². The SMILES string of the molecule is COc1ccc(CCNC(=O)c2ccc3c(c2)NC(=O)[C@H](N2CCOCC2)S3)cc1OC. The van der Waals surface area contributed by atoms with E-state index in [4.69, 9.17) is 14.2 Å². The lowest BCUT2D eigenvalue weighted by Crippen LogP contribution is -2.48. The lowest BCUT2D eigenvalue weighted by molar-refractivity contribution is -0.119. The Hall–Kier alpha value is -2.75. The van der Waals surface area contributed by atoms with Gasteiger partial charge in [0.15, 0.2) is 11.5 Å². The maximum absolute atomic E-state index is 12.6. The third-order valence-electron chi connectivity index (χ3n) is 5.49. The third kappa shape index (κ3) is 5.01. The summed E-state index contributed by atoms with van der Waals surface area (Å²) in [6.07, 6.45) is 0.658. The number of benzene rings is 2. The smallest absolute Gasteiger partial charge is 0.252 e. The van der Waals surface area contributed by atoms with E-state index in [9.17, 15) is 9.59 Å². The Labute approximate surface area is 191 Å². The lowest BCUT2D eigenvalue weighted by Gasteiger charge is -2.35. The van der Waals surface area contributed by atoms with Crippen LogP contribution >= 0.6 is 11.8 Å². The van der Waals surface area contributed by atoms with Crippen LogP contribution in [0.5, 0.6) is 11.5 Å². The molecule has 2 heterocycles. The highest BCUT2D eigenvalue weighted by Crippen LogP contribution is 2.37. The van der Waals surface area contributed by atoms with E-state index in [2.05, 4.69) is 15.5 Å². The molecular formula is C23H27N3O5S. The molecule has 0 aromatic heterocycles. The van der Waals surface area contributed by atoms with Crippen molar-refractivity contribution in [2.24, 2.45) is 0 Å². The predicted octanol–water partition coefficient (Wildman–Crippen LogP) is 2.38. The number of hydrogen-bond donors (Lipinski definition) is 2. The molecule has 0 spiro atoms. The molecule has 0 saturated carbocycles. The molecule has 9 heteroatoms. The van der Waals surface area contributed by atoms with Crippen LogP contribution in [0.4, 0.5) is 5.69 Å². The standard InChI is InChI=1S/C23H27N3O5S/c1-29-18-5-3-15(13-19(18)30-2)7-8-24-21(27)16-4-6-20-17(14-16)25-22(28)23(32-20)26-9-11-31-12-10-26/h3-6,13-14,23H,7-12H2,1-2H3,(H,24,27)(H,25,28)/t23-/m1/s1. The van der Waals surface area contributed by atoms with Crippen molar-refractivity contribution in [3.8, 4) is 11.5 Å². The molecule has 2 aromatic rings. The Kier molecular flexibility index (Phi) is 7.19. The molecule has 8 nitrogen and oxygen atoms in total.